The Morgan fingerprint density at radius 3 is 2.38 bits per heavy atom. The summed E-state index contributed by atoms with van der Waals surface area (Å²) in [6.07, 6.45) is 0. The minimum absolute atomic E-state index is 0.0254. The fourth-order valence-electron chi connectivity index (χ4n) is 1.60. The molecule has 2 rings (SSSR count). The van der Waals surface area contributed by atoms with Crippen molar-refractivity contribution in [2.24, 2.45) is 0 Å². The van der Waals surface area contributed by atoms with Crippen molar-refractivity contribution in [1.29, 1.82) is 0 Å². The molecule has 0 radical (unpaired) electrons. The van der Waals surface area contributed by atoms with Gasteiger partial charge in [0, 0.05) is 12.6 Å². The SMILES string of the molecule is CCNc1nc(OCC)nc(-c2cc(F)c(F)cc2F)n1. The van der Waals surface area contributed by atoms with E-state index in [2.05, 4.69) is 20.3 Å². The molecule has 1 N–H and O–H groups in total. The van der Waals surface area contributed by atoms with Crippen molar-refractivity contribution in [3.05, 3.63) is 29.6 Å². The minimum Gasteiger partial charge on any atom is -0.464 e. The summed E-state index contributed by atoms with van der Waals surface area (Å²) >= 11 is 0. The minimum atomic E-state index is -1.28. The largest absolute Gasteiger partial charge is 0.464 e. The van der Waals surface area contributed by atoms with Crippen molar-refractivity contribution < 1.29 is 17.9 Å². The maximum Gasteiger partial charge on any atom is 0.321 e. The number of halogens is 3. The van der Waals surface area contributed by atoms with Gasteiger partial charge in [0.25, 0.3) is 0 Å². The summed E-state index contributed by atoms with van der Waals surface area (Å²) in [6.45, 7) is 4.38. The standard InChI is InChI=1S/C13H13F3N4O/c1-3-17-12-18-11(19-13(20-12)21-4-2)7-5-9(15)10(16)6-8(7)14/h5-6H,3-4H2,1-2H3,(H,17,18,19,20). The van der Waals surface area contributed by atoms with Crippen LogP contribution < -0.4 is 10.1 Å². The Morgan fingerprint density at radius 2 is 1.71 bits per heavy atom. The Bertz CT molecular complexity index is 627. The number of hydrogen-bond donors (Lipinski definition) is 1. The van der Waals surface area contributed by atoms with Crippen LogP contribution in [-0.4, -0.2) is 28.1 Å². The fourth-order valence-corrected chi connectivity index (χ4v) is 1.60. The number of benzene rings is 1. The zero-order chi connectivity index (χ0) is 15.4. The van der Waals surface area contributed by atoms with Gasteiger partial charge in [-0.15, -0.1) is 0 Å². The van der Waals surface area contributed by atoms with Gasteiger partial charge >= 0.3 is 6.01 Å². The van der Waals surface area contributed by atoms with Crippen LogP contribution in [0.2, 0.25) is 0 Å². The van der Waals surface area contributed by atoms with Crippen LogP contribution in [0.3, 0.4) is 0 Å². The second kappa shape index (κ2) is 6.38. The van der Waals surface area contributed by atoms with Crippen molar-refractivity contribution in [1.82, 2.24) is 15.0 Å². The number of anilines is 1. The zero-order valence-electron chi connectivity index (χ0n) is 11.5. The molecule has 1 aromatic carbocycles. The Morgan fingerprint density at radius 1 is 1.00 bits per heavy atom. The molecule has 0 amide bonds. The fraction of sp³-hybridized carbons (Fsp3) is 0.308. The predicted octanol–water partition coefficient (Wildman–Crippen LogP) is 2.79. The number of aromatic nitrogens is 3. The normalized spacial score (nSPS) is 10.5. The first kappa shape index (κ1) is 15.0. The first-order chi connectivity index (χ1) is 10.0. The third kappa shape index (κ3) is 3.39. The average molecular weight is 298 g/mol. The van der Waals surface area contributed by atoms with Crippen LogP contribution in [0.1, 0.15) is 13.8 Å². The van der Waals surface area contributed by atoms with Crippen molar-refractivity contribution in [2.45, 2.75) is 13.8 Å². The van der Waals surface area contributed by atoms with E-state index in [1.165, 1.54) is 0 Å². The first-order valence-corrected chi connectivity index (χ1v) is 6.32. The number of rotatable bonds is 5. The molecule has 0 atom stereocenters. The lowest BCUT2D eigenvalue weighted by molar-refractivity contribution is 0.312. The highest BCUT2D eigenvalue weighted by atomic mass is 19.2. The quantitative estimate of drug-likeness (QED) is 0.860. The maximum absolute atomic E-state index is 13.8. The van der Waals surface area contributed by atoms with Gasteiger partial charge in [-0.05, 0) is 19.9 Å². The lowest BCUT2D eigenvalue weighted by atomic mass is 10.2. The highest BCUT2D eigenvalue weighted by molar-refractivity contribution is 5.57. The lowest BCUT2D eigenvalue weighted by Crippen LogP contribution is -2.08. The molecule has 1 heterocycles. The molecule has 112 valence electrons. The number of nitrogens with zero attached hydrogens (tertiary/aromatic N) is 3. The van der Waals surface area contributed by atoms with Gasteiger partial charge in [0.15, 0.2) is 17.5 Å². The van der Waals surface area contributed by atoms with Crippen LogP contribution in [0.25, 0.3) is 11.4 Å². The van der Waals surface area contributed by atoms with E-state index < -0.39 is 17.5 Å². The van der Waals surface area contributed by atoms with Crippen LogP contribution >= 0.6 is 0 Å². The Hall–Kier alpha value is -2.38. The summed E-state index contributed by atoms with van der Waals surface area (Å²) in [4.78, 5) is 11.8. The van der Waals surface area contributed by atoms with E-state index in [0.29, 0.717) is 25.3 Å². The molecule has 0 aliphatic carbocycles. The molecule has 0 aliphatic heterocycles. The van der Waals surface area contributed by atoms with E-state index in [4.69, 9.17) is 4.74 Å². The molecule has 0 saturated heterocycles. The molecule has 0 bridgehead atoms. The topological polar surface area (TPSA) is 59.9 Å². The molecule has 1 aromatic heterocycles. The smallest absolute Gasteiger partial charge is 0.321 e. The van der Waals surface area contributed by atoms with Gasteiger partial charge in [-0.3, -0.25) is 0 Å². The van der Waals surface area contributed by atoms with E-state index in [-0.39, 0.29) is 23.3 Å². The van der Waals surface area contributed by atoms with E-state index in [9.17, 15) is 13.2 Å². The van der Waals surface area contributed by atoms with E-state index in [0.717, 1.165) is 0 Å². The molecule has 8 heteroatoms. The molecule has 0 unspecified atom stereocenters. The first-order valence-electron chi connectivity index (χ1n) is 6.32. The van der Waals surface area contributed by atoms with Crippen molar-refractivity contribution >= 4 is 5.95 Å². The van der Waals surface area contributed by atoms with Crippen molar-refractivity contribution in [2.75, 3.05) is 18.5 Å². The van der Waals surface area contributed by atoms with Gasteiger partial charge in [0.1, 0.15) is 5.82 Å². The third-order valence-electron chi connectivity index (χ3n) is 2.47. The van der Waals surface area contributed by atoms with Crippen LogP contribution in [0, 0.1) is 17.5 Å². The summed E-state index contributed by atoms with van der Waals surface area (Å²) in [5.41, 5.74) is -0.267. The van der Waals surface area contributed by atoms with Gasteiger partial charge in [-0.1, -0.05) is 0 Å². The van der Waals surface area contributed by atoms with Crippen LogP contribution in [-0.2, 0) is 0 Å². The number of ether oxygens (including phenoxy) is 1. The van der Waals surface area contributed by atoms with E-state index >= 15 is 0 Å². The molecule has 0 saturated carbocycles. The van der Waals surface area contributed by atoms with Crippen LogP contribution in [0.15, 0.2) is 12.1 Å². The van der Waals surface area contributed by atoms with Gasteiger partial charge in [-0.25, -0.2) is 13.2 Å². The zero-order valence-corrected chi connectivity index (χ0v) is 11.5. The molecule has 0 fully saturated rings. The predicted molar refractivity (Wildman–Crippen MR) is 70.5 cm³/mol. The van der Waals surface area contributed by atoms with Gasteiger partial charge in [0.05, 0.1) is 12.2 Å². The molecule has 2 aromatic rings. The second-order valence-corrected chi connectivity index (χ2v) is 3.97. The summed E-state index contributed by atoms with van der Waals surface area (Å²) in [5, 5.41) is 2.83. The highest BCUT2D eigenvalue weighted by Gasteiger charge is 2.16. The second-order valence-electron chi connectivity index (χ2n) is 3.97. The Kier molecular flexibility index (Phi) is 4.56. The summed E-state index contributed by atoms with van der Waals surface area (Å²) in [6, 6.07) is 1.12. The van der Waals surface area contributed by atoms with Crippen LogP contribution in [0.4, 0.5) is 19.1 Å². The Balaban J connectivity index is 2.54. The Labute approximate surface area is 119 Å². The average Bonchev–Trinajstić information content (AvgIpc) is 2.43. The lowest BCUT2D eigenvalue weighted by Gasteiger charge is -2.08. The molecular weight excluding hydrogens is 285 g/mol. The van der Waals surface area contributed by atoms with Crippen molar-refractivity contribution in [3.8, 4) is 17.4 Å². The van der Waals surface area contributed by atoms with Gasteiger partial charge in [-0.2, -0.15) is 15.0 Å². The number of hydrogen-bond acceptors (Lipinski definition) is 5. The summed E-state index contributed by atoms with van der Waals surface area (Å²) in [7, 11) is 0. The van der Waals surface area contributed by atoms with Crippen molar-refractivity contribution in [3.63, 3.8) is 0 Å². The maximum atomic E-state index is 13.8. The third-order valence-corrected chi connectivity index (χ3v) is 2.47. The number of nitrogens with one attached hydrogen (secondary N) is 1. The summed E-state index contributed by atoms with van der Waals surface area (Å²) < 4.78 is 45.2. The monoisotopic (exact) mass is 298 g/mol. The molecule has 0 aliphatic rings. The molecule has 21 heavy (non-hydrogen) atoms. The van der Waals surface area contributed by atoms with Gasteiger partial charge < -0.3 is 10.1 Å². The van der Waals surface area contributed by atoms with Gasteiger partial charge in [0.2, 0.25) is 5.95 Å². The van der Waals surface area contributed by atoms with Crippen LogP contribution in [0.5, 0.6) is 6.01 Å². The van der Waals surface area contributed by atoms with E-state index in [1.54, 1.807) is 6.92 Å². The molecule has 5 nitrogen and oxygen atoms in total. The molecular formula is C13H13F3N4O. The van der Waals surface area contributed by atoms with E-state index in [1.807, 2.05) is 6.92 Å². The summed E-state index contributed by atoms with van der Waals surface area (Å²) in [5.74, 6) is -3.40. The highest BCUT2D eigenvalue weighted by Crippen LogP contribution is 2.24. The molecule has 0 spiro atoms.